The summed E-state index contributed by atoms with van der Waals surface area (Å²) in [7, 11) is -3.90. The molecule has 0 bridgehead atoms. The smallest absolute Gasteiger partial charge is 0.410 e. The average Bonchev–Trinajstić information content (AvgIpc) is 3.93. The lowest BCUT2D eigenvalue weighted by atomic mass is 9.89. The number of ether oxygens (including phenoxy) is 2. The van der Waals surface area contributed by atoms with Gasteiger partial charge in [0.2, 0.25) is 21.8 Å². The Balaban J connectivity index is 1.24. The second kappa shape index (κ2) is 14.2. The highest BCUT2D eigenvalue weighted by atomic mass is 32.2. The SMILES string of the molecule is CC(C)(C)OC(=O)N[C@H]1CCCCC/C=C\[C@@H]2C[C@@]2(C(=O)NS(=O)(=O)C2CC2)NC(=O)C2C[C@@H](OC(=O)N3CC4C=CC=C(N)C4C3)CN2C1=O. The number of alkyl carbamates (subject to hydrolysis) is 1. The van der Waals surface area contributed by atoms with Crippen LogP contribution in [0.4, 0.5) is 9.59 Å². The standard InChI is InChI=1S/C35H50N6O9S/c1-34(2,3)50-32(45)37-27-13-8-6-4-5-7-11-22-17-35(22,31(44)39-51(47,48)24-14-15-24)38-29(42)28-16-23(19-41(28)30(27)43)49-33(46)40-18-21-10-9-12-26(36)25(21)20-40/h7,9-12,21-25,27-28H,4-6,8,13-20,36H2,1-3H3,(H,37,45)(H,38,42)(H,39,44)/b11-7-/t21?,22-,23-,25?,27+,28?,35-/m1/s1. The quantitative estimate of drug-likeness (QED) is 0.303. The van der Waals surface area contributed by atoms with Crippen molar-refractivity contribution in [3.8, 4) is 0 Å². The largest absolute Gasteiger partial charge is 0.444 e. The van der Waals surface area contributed by atoms with Crippen molar-refractivity contribution in [2.45, 2.75) is 113 Å². The molecule has 2 saturated carbocycles. The summed E-state index contributed by atoms with van der Waals surface area (Å²) in [6.45, 7) is 5.78. The summed E-state index contributed by atoms with van der Waals surface area (Å²) < 4.78 is 39.1. The number of allylic oxidation sites excluding steroid dienone is 3. The molecule has 0 aromatic carbocycles. The molecule has 6 aliphatic rings. The molecule has 2 saturated heterocycles. The first kappa shape index (κ1) is 36.7. The van der Waals surface area contributed by atoms with Gasteiger partial charge < -0.3 is 35.6 Å². The van der Waals surface area contributed by atoms with Gasteiger partial charge in [0.25, 0.3) is 5.91 Å². The number of carbonyl (C=O) groups is 5. The van der Waals surface area contributed by atoms with Gasteiger partial charge in [0.05, 0.1) is 11.8 Å². The first-order valence-electron chi connectivity index (χ1n) is 18.0. The van der Waals surface area contributed by atoms with E-state index in [-0.39, 0.29) is 37.6 Å². The van der Waals surface area contributed by atoms with E-state index in [4.69, 9.17) is 15.2 Å². The molecule has 3 unspecified atom stereocenters. The number of hydrogen-bond donors (Lipinski definition) is 4. The highest BCUT2D eigenvalue weighted by Crippen LogP contribution is 2.46. The first-order valence-corrected chi connectivity index (χ1v) is 19.5. The number of fused-ring (bicyclic) bond motifs is 3. The lowest BCUT2D eigenvalue weighted by molar-refractivity contribution is -0.141. The van der Waals surface area contributed by atoms with E-state index < -0.39 is 80.4 Å². The number of sulfonamides is 1. The van der Waals surface area contributed by atoms with Crippen LogP contribution in [0.1, 0.15) is 78.6 Å². The van der Waals surface area contributed by atoms with Crippen LogP contribution < -0.4 is 21.1 Å². The summed E-state index contributed by atoms with van der Waals surface area (Å²) in [4.78, 5) is 71.3. The third-order valence-corrected chi connectivity index (χ3v) is 12.3. The molecule has 3 aliphatic heterocycles. The van der Waals surface area contributed by atoms with Crippen LogP contribution >= 0.6 is 0 Å². The molecule has 0 spiro atoms. The van der Waals surface area contributed by atoms with Crippen molar-refractivity contribution in [2.24, 2.45) is 23.5 Å². The van der Waals surface area contributed by atoms with E-state index in [1.54, 1.807) is 25.7 Å². The Kier molecular flexibility index (Phi) is 10.2. The molecular weight excluding hydrogens is 680 g/mol. The molecular formula is C35H50N6O9S. The highest BCUT2D eigenvalue weighted by Gasteiger charge is 2.62. The van der Waals surface area contributed by atoms with Crippen LogP contribution in [0.3, 0.4) is 0 Å². The van der Waals surface area contributed by atoms with Crippen molar-refractivity contribution in [1.29, 1.82) is 0 Å². The average molecular weight is 731 g/mol. The Labute approximate surface area is 298 Å². The molecule has 7 atom stereocenters. The predicted octanol–water partition coefficient (Wildman–Crippen LogP) is 1.95. The topological polar surface area (TPSA) is 207 Å². The van der Waals surface area contributed by atoms with Crippen LogP contribution in [-0.2, 0) is 33.9 Å². The molecule has 16 heteroatoms. The maximum absolute atomic E-state index is 14.3. The maximum atomic E-state index is 14.3. The van der Waals surface area contributed by atoms with Crippen molar-refractivity contribution < 1.29 is 41.9 Å². The number of likely N-dealkylation sites (tertiary alicyclic amines) is 1. The first-order chi connectivity index (χ1) is 24.1. The Hall–Kier alpha value is -4.08. The third kappa shape index (κ3) is 8.36. The summed E-state index contributed by atoms with van der Waals surface area (Å²) in [6, 6.07) is -2.22. The fourth-order valence-electron chi connectivity index (χ4n) is 7.47. The van der Waals surface area contributed by atoms with Crippen LogP contribution in [0.5, 0.6) is 0 Å². The van der Waals surface area contributed by atoms with E-state index in [2.05, 4.69) is 15.4 Å². The van der Waals surface area contributed by atoms with E-state index in [1.165, 1.54) is 4.90 Å². The molecule has 51 heavy (non-hydrogen) atoms. The van der Waals surface area contributed by atoms with Gasteiger partial charge in [0.15, 0.2) is 0 Å². The normalized spacial score (nSPS) is 33.3. The number of nitrogens with one attached hydrogen (secondary N) is 3. The summed E-state index contributed by atoms with van der Waals surface area (Å²) in [5.74, 6) is -2.47. The van der Waals surface area contributed by atoms with Crippen molar-refractivity contribution in [3.63, 3.8) is 0 Å². The van der Waals surface area contributed by atoms with Crippen molar-refractivity contribution in [1.82, 2.24) is 25.2 Å². The van der Waals surface area contributed by atoms with Crippen LogP contribution in [0.15, 0.2) is 36.1 Å². The Morgan fingerprint density at radius 2 is 1.80 bits per heavy atom. The van der Waals surface area contributed by atoms with Crippen LogP contribution in [-0.4, -0.2) is 102 Å². The minimum Gasteiger partial charge on any atom is -0.444 e. The van der Waals surface area contributed by atoms with Crippen molar-refractivity contribution in [2.75, 3.05) is 19.6 Å². The van der Waals surface area contributed by atoms with Crippen molar-refractivity contribution >= 4 is 39.9 Å². The number of rotatable bonds is 5. The molecule has 0 aromatic rings. The lowest BCUT2D eigenvalue weighted by Crippen LogP contribution is -2.58. The molecule has 3 heterocycles. The van der Waals surface area contributed by atoms with Crippen LogP contribution in [0, 0.1) is 17.8 Å². The minimum absolute atomic E-state index is 0.0270. The third-order valence-electron chi connectivity index (χ3n) is 10.5. The van der Waals surface area contributed by atoms with Gasteiger partial charge in [-0.25, -0.2) is 18.0 Å². The molecule has 0 radical (unpaired) electrons. The minimum atomic E-state index is -3.90. The number of carbonyl (C=O) groups excluding carboxylic acids is 5. The molecule has 5 N–H and O–H groups in total. The predicted molar refractivity (Wildman–Crippen MR) is 185 cm³/mol. The van der Waals surface area contributed by atoms with E-state index >= 15 is 0 Å². The molecule has 280 valence electrons. The summed E-state index contributed by atoms with van der Waals surface area (Å²) in [5.41, 5.74) is 4.52. The van der Waals surface area contributed by atoms with Crippen LogP contribution in [0.25, 0.3) is 0 Å². The zero-order valence-electron chi connectivity index (χ0n) is 29.5. The summed E-state index contributed by atoms with van der Waals surface area (Å²) >= 11 is 0. The zero-order chi connectivity index (χ0) is 36.7. The molecule has 4 fully saturated rings. The van der Waals surface area contributed by atoms with Crippen LogP contribution in [0.2, 0.25) is 0 Å². The number of amides is 5. The molecule has 0 aromatic heterocycles. The van der Waals surface area contributed by atoms with E-state index in [0.29, 0.717) is 44.5 Å². The molecule has 6 rings (SSSR count). The van der Waals surface area contributed by atoms with E-state index in [1.807, 2.05) is 30.4 Å². The van der Waals surface area contributed by atoms with Gasteiger partial charge in [-0.05, 0) is 65.4 Å². The second-order valence-electron chi connectivity index (χ2n) is 15.7. The molecule has 3 aliphatic carbocycles. The van der Waals surface area contributed by atoms with Gasteiger partial charge in [-0.15, -0.1) is 0 Å². The Morgan fingerprint density at radius 1 is 1.04 bits per heavy atom. The summed E-state index contributed by atoms with van der Waals surface area (Å²) in [5, 5.41) is 4.87. The molecule has 15 nitrogen and oxygen atoms in total. The van der Waals surface area contributed by atoms with Gasteiger partial charge in [0, 0.05) is 43.0 Å². The summed E-state index contributed by atoms with van der Waals surface area (Å²) in [6.07, 6.45) is 11.3. The zero-order valence-corrected chi connectivity index (χ0v) is 30.3. The van der Waals surface area contributed by atoms with Gasteiger partial charge >= 0.3 is 12.2 Å². The van der Waals surface area contributed by atoms with Gasteiger partial charge in [-0.1, -0.05) is 37.1 Å². The fraction of sp³-hybridized carbons (Fsp3) is 0.686. The van der Waals surface area contributed by atoms with E-state index in [0.717, 1.165) is 12.8 Å². The Morgan fingerprint density at radius 3 is 2.51 bits per heavy atom. The number of nitrogens with zero attached hydrogens (tertiary/aromatic N) is 2. The van der Waals surface area contributed by atoms with Gasteiger partial charge in [0.1, 0.15) is 29.3 Å². The monoisotopic (exact) mass is 730 g/mol. The van der Waals surface area contributed by atoms with Gasteiger partial charge in [-0.3, -0.25) is 19.1 Å². The second-order valence-corrected chi connectivity index (χ2v) is 17.6. The fourth-order valence-corrected chi connectivity index (χ4v) is 8.84. The highest BCUT2D eigenvalue weighted by molar-refractivity contribution is 7.91. The number of nitrogens with two attached hydrogens (primary N) is 1. The number of hydrogen-bond acceptors (Lipinski definition) is 10. The molecule has 5 amide bonds. The maximum Gasteiger partial charge on any atom is 0.410 e. The van der Waals surface area contributed by atoms with E-state index in [9.17, 15) is 32.4 Å². The Bertz CT molecular complexity index is 1630. The van der Waals surface area contributed by atoms with Gasteiger partial charge in [-0.2, -0.15) is 0 Å². The van der Waals surface area contributed by atoms with Crippen molar-refractivity contribution in [3.05, 3.63) is 36.1 Å². The lowest BCUT2D eigenvalue weighted by Gasteiger charge is -2.30.